The van der Waals surface area contributed by atoms with Crippen molar-refractivity contribution in [1.82, 2.24) is 9.44 Å². The minimum Gasteiger partial charge on any atom is -0.214 e. The Hall–Kier alpha value is -1.24. The van der Waals surface area contributed by atoms with Gasteiger partial charge in [-0.25, -0.2) is 30.7 Å². The van der Waals surface area contributed by atoms with Crippen molar-refractivity contribution in [3.8, 4) is 0 Å². The lowest BCUT2D eigenvalue weighted by molar-refractivity contribution is -0.137. The molecule has 0 spiro atoms. The zero-order chi connectivity index (χ0) is 17.9. The monoisotopic (exact) mass is 378 g/mol. The van der Waals surface area contributed by atoms with Gasteiger partial charge in [0, 0.05) is 13.1 Å². The first kappa shape index (κ1) is 19.8. The van der Waals surface area contributed by atoms with E-state index in [1.165, 1.54) is 6.92 Å². The normalized spacial score (nSPS) is 13.3. The molecule has 0 aliphatic rings. The van der Waals surface area contributed by atoms with E-state index in [-0.39, 0.29) is 18.4 Å². The molecule has 0 aliphatic carbocycles. The summed E-state index contributed by atoms with van der Waals surface area (Å²) < 4.78 is 101. The Labute approximate surface area is 131 Å². The van der Waals surface area contributed by atoms with Crippen molar-refractivity contribution in [3.05, 3.63) is 29.6 Å². The third-order valence-corrected chi connectivity index (χ3v) is 5.55. The number of alkyl halides is 3. The predicted molar refractivity (Wildman–Crippen MR) is 74.1 cm³/mol. The summed E-state index contributed by atoms with van der Waals surface area (Å²) in [5, 5.41) is 0. The summed E-state index contributed by atoms with van der Waals surface area (Å²) in [6, 6.07) is 0.995. The number of halogens is 4. The van der Waals surface area contributed by atoms with Crippen LogP contribution in [0.25, 0.3) is 0 Å². The molecule has 1 aromatic carbocycles. The van der Waals surface area contributed by atoms with Crippen LogP contribution in [0.15, 0.2) is 23.1 Å². The molecule has 132 valence electrons. The molecule has 12 heteroatoms. The molecule has 0 atom stereocenters. The van der Waals surface area contributed by atoms with E-state index in [2.05, 4.69) is 4.72 Å². The van der Waals surface area contributed by atoms with Crippen LogP contribution in [0.2, 0.25) is 0 Å². The van der Waals surface area contributed by atoms with Gasteiger partial charge in [0.2, 0.25) is 20.0 Å². The lowest BCUT2D eigenvalue weighted by atomic mass is 10.2. The number of benzene rings is 1. The van der Waals surface area contributed by atoms with Gasteiger partial charge in [0.15, 0.2) is 0 Å². The van der Waals surface area contributed by atoms with Crippen molar-refractivity contribution in [3.63, 3.8) is 0 Å². The van der Waals surface area contributed by atoms with Crippen LogP contribution >= 0.6 is 0 Å². The minimum absolute atomic E-state index is 0.174. The van der Waals surface area contributed by atoms with E-state index in [4.69, 9.17) is 0 Å². The molecule has 0 bridgehead atoms. The van der Waals surface area contributed by atoms with E-state index in [1.54, 1.807) is 0 Å². The molecule has 23 heavy (non-hydrogen) atoms. The average Bonchev–Trinajstić information content (AvgIpc) is 2.42. The summed E-state index contributed by atoms with van der Waals surface area (Å²) in [6.07, 6.45) is -4.82. The minimum atomic E-state index is -4.82. The van der Waals surface area contributed by atoms with Crippen molar-refractivity contribution in [1.29, 1.82) is 0 Å². The van der Waals surface area contributed by atoms with E-state index in [9.17, 15) is 34.4 Å². The van der Waals surface area contributed by atoms with Crippen LogP contribution in [0.3, 0.4) is 0 Å². The SMILES string of the molecule is CCS(=O)(=O)NCCNS(=O)(=O)c1cc(C(F)(F)F)ccc1F. The van der Waals surface area contributed by atoms with Gasteiger partial charge in [-0.05, 0) is 25.1 Å². The molecule has 0 amide bonds. The Bertz CT molecular complexity index is 761. The van der Waals surface area contributed by atoms with Crippen molar-refractivity contribution < 1.29 is 34.4 Å². The highest BCUT2D eigenvalue weighted by Gasteiger charge is 2.33. The Kier molecular flexibility index (Phi) is 6.12. The molecular weight excluding hydrogens is 364 g/mol. The Balaban J connectivity index is 2.88. The van der Waals surface area contributed by atoms with Crippen molar-refractivity contribution in [2.45, 2.75) is 18.0 Å². The highest BCUT2D eigenvalue weighted by atomic mass is 32.2. The molecule has 1 rings (SSSR count). The first-order chi connectivity index (χ1) is 10.4. The van der Waals surface area contributed by atoms with Crippen molar-refractivity contribution in [2.24, 2.45) is 0 Å². The molecule has 0 aromatic heterocycles. The van der Waals surface area contributed by atoms with Gasteiger partial charge in [-0.15, -0.1) is 0 Å². The topological polar surface area (TPSA) is 92.3 Å². The number of hydrogen-bond donors (Lipinski definition) is 2. The van der Waals surface area contributed by atoms with Crippen LogP contribution in [0.5, 0.6) is 0 Å². The van der Waals surface area contributed by atoms with Gasteiger partial charge in [0.05, 0.1) is 11.3 Å². The number of sulfonamides is 2. The van der Waals surface area contributed by atoms with Gasteiger partial charge < -0.3 is 0 Å². The average molecular weight is 378 g/mol. The highest BCUT2D eigenvalue weighted by molar-refractivity contribution is 7.89. The second-order valence-corrected chi connectivity index (χ2v) is 8.17. The lowest BCUT2D eigenvalue weighted by Crippen LogP contribution is -2.35. The van der Waals surface area contributed by atoms with Crippen LogP contribution in [0.1, 0.15) is 12.5 Å². The van der Waals surface area contributed by atoms with E-state index in [1.807, 2.05) is 4.72 Å². The fourth-order valence-corrected chi connectivity index (χ4v) is 3.21. The molecule has 2 N–H and O–H groups in total. The third-order valence-electron chi connectivity index (χ3n) is 2.67. The van der Waals surface area contributed by atoms with E-state index in [0.717, 1.165) is 0 Å². The molecular formula is C11H14F4N2O4S2. The standard InChI is InChI=1S/C11H14F4N2O4S2/c1-2-22(18,19)16-5-6-17-23(20,21)10-7-8(11(13,14)15)3-4-9(10)12/h3-4,7,16-17H,2,5-6H2,1H3. The van der Waals surface area contributed by atoms with Gasteiger partial charge in [0.25, 0.3) is 0 Å². The summed E-state index contributed by atoms with van der Waals surface area (Å²) in [6.45, 7) is 0.595. The largest absolute Gasteiger partial charge is 0.416 e. The summed E-state index contributed by atoms with van der Waals surface area (Å²) in [5.74, 6) is -1.57. The summed E-state index contributed by atoms with van der Waals surface area (Å²) in [7, 11) is -8.10. The number of nitrogens with one attached hydrogen (secondary N) is 2. The van der Waals surface area contributed by atoms with Gasteiger partial charge >= 0.3 is 6.18 Å². The van der Waals surface area contributed by atoms with E-state index < -0.39 is 49.0 Å². The Morgan fingerprint density at radius 3 is 2.13 bits per heavy atom. The smallest absolute Gasteiger partial charge is 0.214 e. The van der Waals surface area contributed by atoms with Crippen LogP contribution in [0.4, 0.5) is 17.6 Å². The van der Waals surface area contributed by atoms with Gasteiger partial charge in [-0.3, -0.25) is 0 Å². The van der Waals surface area contributed by atoms with Crippen LogP contribution in [-0.4, -0.2) is 35.7 Å². The molecule has 0 unspecified atom stereocenters. The summed E-state index contributed by atoms with van der Waals surface area (Å²) in [4.78, 5) is -1.16. The Morgan fingerprint density at radius 1 is 1.04 bits per heavy atom. The molecule has 0 aliphatic heterocycles. The maximum atomic E-state index is 13.5. The van der Waals surface area contributed by atoms with Crippen molar-refractivity contribution >= 4 is 20.0 Å². The first-order valence-electron chi connectivity index (χ1n) is 6.23. The second-order valence-electron chi connectivity index (χ2n) is 4.34. The van der Waals surface area contributed by atoms with E-state index >= 15 is 0 Å². The highest BCUT2D eigenvalue weighted by Crippen LogP contribution is 2.31. The second kappa shape index (κ2) is 7.11. The van der Waals surface area contributed by atoms with Crippen molar-refractivity contribution in [2.75, 3.05) is 18.8 Å². The molecule has 1 aromatic rings. The fraction of sp³-hybridized carbons (Fsp3) is 0.455. The molecule has 0 heterocycles. The third kappa shape index (κ3) is 5.71. The molecule has 0 radical (unpaired) electrons. The van der Waals surface area contributed by atoms with Crippen LogP contribution in [0, 0.1) is 5.82 Å². The van der Waals surface area contributed by atoms with Gasteiger partial charge in [-0.1, -0.05) is 0 Å². The molecule has 6 nitrogen and oxygen atoms in total. The lowest BCUT2D eigenvalue weighted by Gasteiger charge is -2.11. The predicted octanol–water partition coefficient (Wildman–Crippen LogP) is 1.06. The summed E-state index contributed by atoms with van der Waals surface area (Å²) in [5.41, 5.74) is -1.31. The maximum Gasteiger partial charge on any atom is 0.416 e. The van der Waals surface area contributed by atoms with Gasteiger partial charge in [0.1, 0.15) is 10.7 Å². The fourth-order valence-electron chi connectivity index (χ4n) is 1.46. The molecule has 0 fully saturated rings. The van der Waals surface area contributed by atoms with E-state index in [0.29, 0.717) is 12.1 Å². The maximum absolute atomic E-state index is 13.5. The van der Waals surface area contributed by atoms with Gasteiger partial charge in [-0.2, -0.15) is 13.2 Å². The first-order valence-corrected chi connectivity index (χ1v) is 9.36. The Morgan fingerprint density at radius 2 is 1.61 bits per heavy atom. The van der Waals surface area contributed by atoms with Crippen LogP contribution in [-0.2, 0) is 26.2 Å². The van der Waals surface area contributed by atoms with Crippen LogP contribution < -0.4 is 9.44 Å². The summed E-state index contributed by atoms with van der Waals surface area (Å²) >= 11 is 0. The zero-order valence-electron chi connectivity index (χ0n) is 11.8. The number of rotatable bonds is 7. The molecule has 0 saturated carbocycles. The zero-order valence-corrected chi connectivity index (χ0v) is 13.4. The number of hydrogen-bond acceptors (Lipinski definition) is 4. The molecule has 0 saturated heterocycles. The quantitative estimate of drug-likeness (QED) is 0.548.